The quantitative estimate of drug-likeness (QED) is 0.397. The second kappa shape index (κ2) is 8.52. The molecule has 0 bridgehead atoms. The largest absolute Gasteiger partial charge is 0.379 e. The Morgan fingerprint density at radius 3 is 2.81 bits per heavy atom. The lowest BCUT2D eigenvalue weighted by Gasteiger charge is -2.10. The average Bonchev–Trinajstić information content (AvgIpc) is 3.36. The van der Waals surface area contributed by atoms with Crippen LogP contribution in [-0.2, 0) is 14.6 Å². The van der Waals surface area contributed by atoms with Crippen molar-refractivity contribution >= 4 is 42.9 Å². The number of ether oxygens (including phenoxy) is 1. The van der Waals surface area contributed by atoms with E-state index in [1.54, 1.807) is 19.1 Å². The molecule has 3 aromatic heterocycles. The van der Waals surface area contributed by atoms with Crippen molar-refractivity contribution in [2.75, 3.05) is 18.5 Å². The Labute approximate surface area is 185 Å². The Morgan fingerprint density at radius 2 is 2.03 bits per heavy atom. The smallest absolute Gasteiger partial charge is 0.229 e. The van der Waals surface area contributed by atoms with Crippen LogP contribution in [0.1, 0.15) is 31.4 Å². The van der Waals surface area contributed by atoms with Gasteiger partial charge in [0.15, 0.2) is 5.65 Å². The first-order chi connectivity index (χ1) is 14.8. The molecule has 0 fully saturated rings. The summed E-state index contributed by atoms with van der Waals surface area (Å²) in [5.74, 6) is 0.627. The number of nitrogens with zero attached hydrogens (tertiary/aromatic N) is 4. The predicted molar refractivity (Wildman–Crippen MR) is 122 cm³/mol. The Kier molecular flexibility index (Phi) is 5.96. The van der Waals surface area contributed by atoms with E-state index < -0.39 is 9.84 Å². The van der Waals surface area contributed by atoms with Crippen LogP contribution in [0.3, 0.4) is 0 Å². The number of hydrogen-bond donors (Lipinski definition) is 1. The standard InChI is InChI=1S/C21H25N5O3S2/c1-13(2)29-10-5-9-22-19-18-16(8-11-30-18)26-20(23-19)21(24-25-26)31(27,28)17-12-14(3)6-7-15(17)4/h6-8,11-13H,5,9-10H2,1-4H3,(H,22,23). The van der Waals surface area contributed by atoms with Crippen molar-refractivity contribution in [1.82, 2.24) is 19.8 Å². The van der Waals surface area contributed by atoms with Crippen LogP contribution in [-0.4, -0.2) is 47.5 Å². The Bertz CT molecular complexity index is 1340. The number of aryl methyl sites for hydroxylation is 2. The van der Waals surface area contributed by atoms with Gasteiger partial charge >= 0.3 is 0 Å². The number of benzene rings is 1. The minimum absolute atomic E-state index is 0.138. The Hall–Kier alpha value is -2.56. The van der Waals surface area contributed by atoms with E-state index in [-0.39, 0.29) is 21.7 Å². The molecule has 0 atom stereocenters. The second-order valence-electron chi connectivity index (χ2n) is 7.70. The third-order valence-electron chi connectivity index (χ3n) is 4.87. The minimum atomic E-state index is -3.88. The van der Waals surface area contributed by atoms with Gasteiger partial charge in [-0.1, -0.05) is 17.3 Å². The fraction of sp³-hybridized carbons (Fsp3) is 0.381. The summed E-state index contributed by atoms with van der Waals surface area (Å²) >= 11 is 1.52. The Morgan fingerprint density at radius 1 is 1.23 bits per heavy atom. The summed E-state index contributed by atoms with van der Waals surface area (Å²) in [6.45, 7) is 8.94. The molecule has 3 heterocycles. The first-order valence-electron chi connectivity index (χ1n) is 10.1. The van der Waals surface area contributed by atoms with E-state index in [0.29, 0.717) is 24.5 Å². The van der Waals surface area contributed by atoms with Crippen LogP contribution in [0.4, 0.5) is 5.82 Å². The first-order valence-corrected chi connectivity index (χ1v) is 12.5. The highest BCUT2D eigenvalue weighted by Crippen LogP contribution is 2.32. The van der Waals surface area contributed by atoms with Gasteiger partial charge in [0.05, 0.1) is 21.2 Å². The van der Waals surface area contributed by atoms with E-state index in [4.69, 9.17) is 4.74 Å². The summed E-state index contributed by atoms with van der Waals surface area (Å²) in [6, 6.07) is 7.23. The van der Waals surface area contributed by atoms with Crippen LogP contribution in [0.25, 0.3) is 15.9 Å². The predicted octanol–water partition coefficient (Wildman–Crippen LogP) is 4.02. The number of anilines is 1. The zero-order valence-electron chi connectivity index (χ0n) is 17.9. The second-order valence-corrected chi connectivity index (χ2v) is 10.4. The SMILES string of the molecule is Cc1ccc(C)c(S(=O)(=O)c2nnn3c2nc(NCCCOC(C)C)c2sccc23)c1. The fourth-order valence-electron chi connectivity index (χ4n) is 3.32. The summed E-state index contributed by atoms with van der Waals surface area (Å²) in [5.41, 5.74) is 2.50. The number of hydrogen-bond acceptors (Lipinski definition) is 8. The number of fused-ring (bicyclic) bond motifs is 3. The van der Waals surface area contributed by atoms with E-state index >= 15 is 0 Å². The van der Waals surface area contributed by atoms with Crippen molar-refractivity contribution in [2.24, 2.45) is 0 Å². The van der Waals surface area contributed by atoms with Gasteiger partial charge in [-0.05, 0) is 62.8 Å². The first kappa shape index (κ1) is 21.7. The van der Waals surface area contributed by atoms with Gasteiger partial charge in [0.2, 0.25) is 14.9 Å². The lowest BCUT2D eigenvalue weighted by molar-refractivity contribution is 0.0787. The number of sulfone groups is 1. The molecule has 164 valence electrons. The van der Waals surface area contributed by atoms with Gasteiger partial charge in [-0.15, -0.1) is 16.4 Å². The van der Waals surface area contributed by atoms with E-state index in [2.05, 4.69) is 20.6 Å². The summed E-state index contributed by atoms with van der Waals surface area (Å²) in [7, 11) is -3.88. The number of aromatic nitrogens is 4. The molecule has 0 saturated heterocycles. The highest BCUT2D eigenvalue weighted by molar-refractivity contribution is 7.91. The van der Waals surface area contributed by atoms with E-state index in [1.807, 2.05) is 38.3 Å². The molecule has 0 aliphatic heterocycles. The molecule has 8 nitrogen and oxygen atoms in total. The number of rotatable bonds is 8. The van der Waals surface area contributed by atoms with Gasteiger partial charge < -0.3 is 10.1 Å². The molecule has 4 rings (SSSR count). The fourth-order valence-corrected chi connectivity index (χ4v) is 5.71. The van der Waals surface area contributed by atoms with Crippen LogP contribution in [0.15, 0.2) is 39.6 Å². The molecule has 0 radical (unpaired) electrons. The highest BCUT2D eigenvalue weighted by Gasteiger charge is 2.28. The van der Waals surface area contributed by atoms with Crippen molar-refractivity contribution in [2.45, 2.75) is 50.1 Å². The molecule has 10 heteroatoms. The van der Waals surface area contributed by atoms with E-state index in [0.717, 1.165) is 22.2 Å². The molecular weight excluding hydrogens is 434 g/mol. The number of nitrogens with one attached hydrogen (secondary N) is 1. The molecule has 0 aliphatic carbocycles. The topological polar surface area (TPSA) is 98.5 Å². The van der Waals surface area contributed by atoms with Crippen molar-refractivity contribution in [3.05, 3.63) is 40.8 Å². The third kappa shape index (κ3) is 4.15. The zero-order chi connectivity index (χ0) is 22.2. The minimum Gasteiger partial charge on any atom is -0.379 e. The van der Waals surface area contributed by atoms with Gasteiger partial charge in [-0.25, -0.2) is 13.4 Å². The maximum Gasteiger partial charge on any atom is 0.229 e. The van der Waals surface area contributed by atoms with Crippen molar-refractivity contribution in [1.29, 1.82) is 0 Å². The average molecular weight is 460 g/mol. The highest BCUT2D eigenvalue weighted by atomic mass is 32.2. The molecule has 0 amide bonds. The summed E-state index contributed by atoms with van der Waals surface area (Å²) in [6.07, 6.45) is 0.998. The lowest BCUT2D eigenvalue weighted by Crippen LogP contribution is -2.11. The van der Waals surface area contributed by atoms with Crippen molar-refractivity contribution in [3.8, 4) is 0 Å². The van der Waals surface area contributed by atoms with Crippen LogP contribution in [0, 0.1) is 13.8 Å². The van der Waals surface area contributed by atoms with Crippen LogP contribution >= 0.6 is 11.3 Å². The van der Waals surface area contributed by atoms with Gasteiger partial charge in [-0.2, -0.15) is 4.52 Å². The molecule has 0 spiro atoms. The summed E-state index contributed by atoms with van der Waals surface area (Å²) in [5, 5.41) is 13.3. The third-order valence-corrected chi connectivity index (χ3v) is 7.58. The monoisotopic (exact) mass is 459 g/mol. The zero-order valence-corrected chi connectivity index (χ0v) is 19.5. The maximum atomic E-state index is 13.4. The molecule has 1 N–H and O–H groups in total. The van der Waals surface area contributed by atoms with Crippen LogP contribution in [0.5, 0.6) is 0 Å². The molecule has 4 aromatic rings. The van der Waals surface area contributed by atoms with Gasteiger partial charge in [0.1, 0.15) is 5.82 Å². The van der Waals surface area contributed by atoms with Gasteiger partial charge in [0.25, 0.3) is 0 Å². The van der Waals surface area contributed by atoms with Crippen molar-refractivity contribution in [3.63, 3.8) is 0 Å². The molecule has 0 saturated carbocycles. The molecule has 31 heavy (non-hydrogen) atoms. The molecule has 0 aliphatic rings. The van der Waals surface area contributed by atoms with Crippen molar-refractivity contribution < 1.29 is 13.2 Å². The van der Waals surface area contributed by atoms with Gasteiger partial charge in [0, 0.05) is 13.2 Å². The maximum absolute atomic E-state index is 13.4. The summed E-state index contributed by atoms with van der Waals surface area (Å²) in [4.78, 5) is 4.85. The normalized spacial score (nSPS) is 12.3. The van der Waals surface area contributed by atoms with E-state index in [9.17, 15) is 8.42 Å². The van der Waals surface area contributed by atoms with Gasteiger partial charge in [-0.3, -0.25) is 0 Å². The van der Waals surface area contributed by atoms with Crippen LogP contribution in [0.2, 0.25) is 0 Å². The molecule has 0 unspecified atom stereocenters. The number of thiophene rings is 1. The lowest BCUT2D eigenvalue weighted by atomic mass is 10.2. The summed E-state index contributed by atoms with van der Waals surface area (Å²) < 4.78 is 34.9. The van der Waals surface area contributed by atoms with E-state index in [1.165, 1.54) is 15.9 Å². The Balaban J connectivity index is 1.76. The molecule has 1 aromatic carbocycles. The molecular formula is C21H25N5O3S2. The van der Waals surface area contributed by atoms with Crippen LogP contribution < -0.4 is 5.32 Å².